The molecule has 4 heteroatoms. The monoisotopic (exact) mass is 594 g/mol. The molecule has 46 heavy (non-hydrogen) atoms. The lowest BCUT2D eigenvalue weighted by Gasteiger charge is -2.43. The quantitative estimate of drug-likeness (QED) is 0.204. The summed E-state index contributed by atoms with van der Waals surface area (Å²) in [6, 6.07) is 47.2. The number of hydrogen-bond acceptors (Lipinski definition) is 4. The Hall–Kier alpha value is -5.66. The zero-order chi connectivity index (χ0) is 31.6. The Morgan fingerprint density at radius 3 is 1.43 bits per heavy atom. The molecule has 0 radical (unpaired) electrons. The van der Waals surface area contributed by atoms with Gasteiger partial charge >= 0.3 is 0 Å². The molecule has 222 valence electrons. The molecule has 0 atom stereocenters. The van der Waals surface area contributed by atoms with E-state index in [1.807, 2.05) is 24.4 Å². The number of benzene rings is 5. The Morgan fingerprint density at radius 2 is 0.957 bits per heavy atom. The molecule has 1 aromatic heterocycles. The van der Waals surface area contributed by atoms with Crippen LogP contribution >= 0.6 is 0 Å². The van der Waals surface area contributed by atoms with E-state index in [9.17, 15) is 5.26 Å². The lowest BCUT2D eigenvalue weighted by molar-refractivity contribution is 0.631. The molecular formula is C42H34N4. The lowest BCUT2D eigenvalue weighted by atomic mass is 9.73. The molecule has 5 aromatic carbocycles. The maximum Gasteiger partial charge on any atom is 0.145 e. The van der Waals surface area contributed by atoms with Crippen LogP contribution in [0.4, 0.5) is 34.3 Å². The van der Waals surface area contributed by atoms with E-state index in [1.165, 1.54) is 22.3 Å². The van der Waals surface area contributed by atoms with Crippen molar-refractivity contribution in [2.75, 3.05) is 9.80 Å². The molecule has 0 aliphatic carbocycles. The van der Waals surface area contributed by atoms with Crippen LogP contribution in [0.3, 0.4) is 0 Å². The number of rotatable bonds is 3. The van der Waals surface area contributed by atoms with Gasteiger partial charge in [-0.2, -0.15) is 5.26 Å². The molecule has 0 spiro atoms. The number of hydrogen-bond donors (Lipinski definition) is 0. The van der Waals surface area contributed by atoms with Gasteiger partial charge in [0, 0.05) is 28.2 Å². The zero-order valence-corrected chi connectivity index (χ0v) is 26.5. The molecule has 0 fully saturated rings. The SMILES string of the molecule is CC1(C)c2ccccc2N(c2ccc(C#N)cc2-c2cccnc2N2c3ccccc3C(C)(C)c3ccccc32)c2ccccc21. The highest BCUT2D eigenvalue weighted by Crippen LogP contribution is 2.56. The molecule has 0 amide bonds. The molecule has 4 nitrogen and oxygen atoms in total. The van der Waals surface area contributed by atoms with Gasteiger partial charge in [0.15, 0.2) is 0 Å². The van der Waals surface area contributed by atoms with E-state index in [4.69, 9.17) is 4.98 Å². The fourth-order valence-corrected chi connectivity index (χ4v) is 7.63. The van der Waals surface area contributed by atoms with Crippen molar-refractivity contribution in [1.29, 1.82) is 5.26 Å². The van der Waals surface area contributed by atoms with Crippen LogP contribution in [0.5, 0.6) is 0 Å². The summed E-state index contributed by atoms with van der Waals surface area (Å²) in [5, 5.41) is 10.1. The third-order valence-electron chi connectivity index (χ3n) is 9.93. The first-order valence-corrected chi connectivity index (χ1v) is 15.8. The van der Waals surface area contributed by atoms with Crippen molar-refractivity contribution in [3.8, 4) is 17.2 Å². The number of fused-ring (bicyclic) bond motifs is 4. The van der Waals surface area contributed by atoms with Crippen LogP contribution in [0.1, 0.15) is 55.5 Å². The predicted octanol–water partition coefficient (Wildman–Crippen LogP) is 10.8. The van der Waals surface area contributed by atoms with Crippen molar-refractivity contribution >= 4 is 34.3 Å². The van der Waals surface area contributed by atoms with Gasteiger partial charge in [0.1, 0.15) is 5.82 Å². The van der Waals surface area contributed by atoms with E-state index in [1.54, 1.807) is 0 Å². The lowest BCUT2D eigenvalue weighted by Crippen LogP contribution is -2.31. The van der Waals surface area contributed by atoms with E-state index in [0.29, 0.717) is 5.56 Å². The molecule has 0 saturated heterocycles. The summed E-state index contributed by atoms with van der Waals surface area (Å²) in [4.78, 5) is 9.77. The van der Waals surface area contributed by atoms with Gasteiger partial charge in [0.25, 0.3) is 0 Å². The first-order valence-electron chi connectivity index (χ1n) is 15.8. The van der Waals surface area contributed by atoms with Crippen LogP contribution in [0.2, 0.25) is 0 Å². The fraction of sp³-hybridized carbons (Fsp3) is 0.143. The molecule has 0 unspecified atom stereocenters. The summed E-state index contributed by atoms with van der Waals surface area (Å²) in [6.07, 6.45) is 1.87. The number of anilines is 6. The molecule has 6 aromatic rings. The maximum atomic E-state index is 10.1. The van der Waals surface area contributed by atoms with Gasteiger partial charge in [0.05, 0.1) is 40.1 Å². The molecule has 0 saturated carbocycles. The van der Waals surface area contributed by atoms with Crippen LogP contribution in [0.25, 0.3) is 11.1 Å². The van der Waals surface area contributed by atoms with Crippen LogP contribution in [-0.2, 0) is 10.8 Å². The van der Waals surface area contributed by atoms with Crippen molar-refractivity contribution in [2.45, 2.75) is 38.5 Å². The van der Waals surface area contributed by atoms with Crippen LogP contribution in [0, 0.1) is 11.3 Å². The highest BCUT2D eigenvalue weighted by molar-refractivity contribution is 5.98. The first-order chi connectivity index (χ1) is 22.3. The van der Waals surface area contributed by atoms with Gasteiger partial charge in [-0.15, -0.1) is 0 Å². The van der Waals surface area contributed by atoms with E-state index in [-0.39, 0.29) is 10.8 Å². The summed E-state index contributed by atoms with van der Waals surface area (Å²) >= 11 is 0. The van der Waals surface area contributed by atoms with Crippen molar-refractivity contribution < 1.29 is 0 Å². The van der Waals surface area contributed by atoms with Gasteiger partial charge in [-0.3, -0.25) is 4.90 Å². The van der Waals surface area contributed by atoms with Crippen molar-refractivity contribution in [3.63, 3.8) is 0 Å². The molecule has 0 N–H and O–H groups in total. The number of aromatic nitrogens is 1. The summed E-state index contributed by atoms with van der Waals surface area (Å²) in [7, 11) is 0. The second-order valence-electron chi connectivity index (χ2n) is 13.2. The van der Waals surface area contributed by atoms with Crippen molar-refractivity contribution in [1.82, 2.24) is 4.98 Å². The Balaban J connectivity index is 1.42. The molecule has 2 aliphatic heterocycles. The normalized spacial score (nSPS) is 15.2. The minimum Gasteiger partial charge on any atom is -0.309 e. The van der Waals surface area contributed by atoms with Gasteiger partial charge in [-0.1, -0.05) is 100 Å². The van der Waals surface area contributed by atoms with Crippen molar-refractivity contribution in [2.24, 2.45) is 0 Å². The fourth-order valence-electron chi connectivity index (χ4n) is 7.63. The Bertz CT molecular complexity index is 2100. The third kappa shape index (κ3) is 3.95. The summed E-state index contributed by atoms with van der Waals surface area (Å²) < 4.78 is 0. The predicted molar refractivity (Wildman–Crippen MR) is 188 cm³/mol. The number of nitrogens with zero attached hydrogens (tertiary/aromatic N) is 4. The zero-order valence-electron chi connectivity index (χ0n) is 26.5. The largest absolute Gasteiger partial charge is 0.309 e. The number of nitriles is 1. The molecule has 0 bridgehead atoms. The van der Waals surface area contributed by atoms with Crippen LogP contribution < -0.4 is 9.80 Å². The molecule has 8 rings (SSSR count). The maximum absolute atomic E-state index is 10.1. The topological polar surface area (TPSA) is 43.2 Å². The van der Waals surface area contributed by atoms with E-state index in [2.05, 4.69) is 153 Å². The van der Waals surface area contributed by atoms with Crippen molar-refractivity contribution in [3.05, 3.63) is 161 Å². The van der Waals surface area contributed by atoms with Crippen LogP contribution in [0.15, 0.2) is 134 Å². The molecule has 2 aliphatic rings. The van der Waals surface area contributed by atoms with Gasteiger partial charge in [0.2, 0.25) is 0 Å². The molecule has 3 heterocycles. The molecular weight excluding hydrogens is 560 g/mol. The van der Waals surface area contributed by atoms with Gasteiger partial charge < -0.3 is 4.90 Å². The smallest absolute Gasteiger partial charge is 0.145 e. The number of pyridine rings is 1. The van der Waals surface area contributed by atoms with E-state index < -0.39 is 0 Å². The van der Waals surface area contributed by atoms with Gasteiger partial charge in [-0.05, 0) is 76.9 Å². The number of para-hydroxylation sites is 4. The average molecular weight is 595 g/mol. The standard InChI is InChI=1S/C42H34N4/c1-41(2)31-15-5-9-19-36(31)45(37-20-10-6-16-32(37)41)35-24-23-28(27-43)26-30(35)29-14-13-25-44-40(29)46-38-21-11-7-17-33(38)42(3,4)34-18-8-12-22-39(34)46/h5-26H,1-4H3. The second kappa shape index (κ2) is 10.2. The summed E-state index contributed by atoms with van der Waals surface area (Å²) in [5.41, 5.74) is 12.7. The highest BCUT2D eigenvalue weighted by atomic mass is 15.2. The Labute approximate surface area is 270 Å². The average Bonchev–Trinajstić information content (AvgIpc) is 3.09. The van der Waals surface area contributed by atoms with Crippen LogP contribution in [-0.4, -0.2) is 4.98 Å². The Morgan fingerprint density at radius 1 is 0.500 bits per heavy atom. The summed E-state index contributed by atoms with van der Waals surface area (Å²) in [5.74, 6) is 0.827. The first kappa shape index (κ1) is 27.9. The highest BCUT2D eigenvalue weighted by Gasteiger charge is 2.39. The minimum atomic E-state index is -0.182. The van der Waals surface area contributed by atoms with E-state index in [0.717, 1.165) is 45.4 Å². The third-order valence-corrected chi connectivity index (χ3v) is 9.93. The second-order valence-corrected chi connectivity index (χ2v) is 13.2. The minimum absolute atomic E-state index is 0.177. The van der Waals surface area contributed by atoms with Gasteiger partial charge in [-0.25, -0.2) is 4.98 Å². The Kier molecular flexibility index (Phi) is 6.17. The summed E-state index contributed by atoms with van der Waals surface area (Å²) in [6.45, 7) is 9.19. The van der Waals surface area contributed by atoms with E-state index >= 15 is 0 Å².